The second-order valence-electron chi connectivity index (χ2n) is 6.51. The number of hydrogen-bond acceptors (Lipinski definition) is 7. The minimum Gasteiger partial charge on any atom is -0.418 e. The van der Waals surface area contributed by atoms with Crippen LogP contribution in [-0.2, 0) is 11.3 Å². The minimum absolute atomic E-state index is 0.301. The van der Waals surface area contributed by atoms with Crippen molar-refractivity contribution in [2.24, 2.45) is 5.92 Å². The van der Waals surface area contributed by atoms with Gasteiger partial charge < -0.3 is 9.15 Å². The van der Waals surface area contributed by atoms with Gasteiger partial charge >= 0.3 is 0 Å². The van der Waals surface area contributed by atoms with E-state index in [0.717, 1.165) is 30.0 Å². The molecular formula is C17H20N6O2. The van der Waals surface area contributed by atoms with Gasteiger partial charge in [0, 0.05) is 5.56 Å². The number of tetrazole rings is 1. The molecule has 1 saturated carbocycles. The van der Waals surface area contributed by atoms with Crippen molar-refractivity contribution in [1.82, 2.24) is 30.4 Å². The van der Waals surface area contributed by atoms with Gasteiger partial charge in [-0.2, -0.15) is 0 Å². The van der Waals surface area contributed by atoms with E-state index in [1.54, 1.807) is 11.0 Å². The minimum atomic E-state index is 0.301. The van der Waals surface area contributed by atoms with Crippen molar-refractivity contribution in [2.75, 3.05) is 0 Å². The van der Waals surface area contributed by atoms with Gasteiger partial charge in [-0.25, -0.2) is 4.68 Å². The normalized spacial score (nSPS) is 20.7. The van der Waals surface area contributed by atoms with E-state index in [2.05, 4.69) is 32.6 Å². The van der Waals surface area contributed by atoms with Crippen molar-refractivity contribution < 1.29 is 9.15 Å². The molecular weight excluding hydrogens is 320 g/mol. The average Bonchev–Trinajstić information content (AvgIpc) is 3.32. The Morgan fingerprint density at radius 2 is 2.08 bits per heavy atom. The average molecular weight is 340 g/mol. The number of benzene rings is 1. The maximum atomic E-state index is 5.93. The first-order chi connectivity index (χ1) is 12.3. The molecule has 8 nitrogen and oxygen atoms in total. The zero-order chi connectivity index (χ0) is 17.1. The Balaban J connectivity index is 1.39. The third-order valence-electron chi connectivity index (χ3n) is 4.53. The van der Waals surface area contributed by atoms with Crippen LogP contribution in [-0.4, -0.2) is 36.5 Å². The van der Waals surface area contributed by atoms with Gasteiger partial charge in [0.05, 0.1) is 11.8 Å². The Kier molecular flexibility index (Phi) is 4.51. The quantitative estimate of drug-likeness (QED) is 0.705. The van der Waals surface area contributed by atoms with Gasteiger partial charge in [-0.3, -0.25) is 0 Å². The van der Waals surface area contributed by atoms with Gasteiger partial charge in [0.15, 0.2) is 0 Å². The number of aromatic nitrogens is 6. The fourth-order valence-corrected chi connectivity index (χ4v) is 3.18. The van der Waals surface area contributed by atoms with Gasteiger partial charge in [-0.1, -0.05) is 19.8 Å². The fourth-order valence-electron chi connectivity index (χ4n) is 3.18. The summed E-state index contributed by atoms with van der Waals surface area (Å²) in [5.74, 6) is 1.73. The summed E-state index contributed by atoms with van der Waals surface area (Å²) in [6.07, 6.45) is 6.60. The van der Waals surface area contributed by atoms with Crippen molar-refractivity contribution in [3.63, 3.8) is 0 Å². The Morgan fingerprint density at radius 3 is 2.84 bits per heavy atom. The highest BCUT2D eigenvalue weighted by atomic mass is 16.5. The van der Waals surface area contributed by atoms with Crippen LogP contribution in [0.25, 0.3) is 17.1 Å². The lowest BCUT2D eigenvalue weighted by molar-refractivity contribution is -0.00444. The van der Waals surface area contributed by atoms with Crippen molar-refractivity contribution in [3.8, 4) is 17.1 Å². The highest BCUT2D eigenvalue weighted by molar-refractivity contribution is 5.55. The van der Waals surface area contributed by atoms with Crippen molar-refractivity contribution in [3.05, 3.63) is 36.5 Å². The molecule has 8 heteroatoms. The monoisotopic (exact) mass is 340 g/mol. The van der Waals surface area contributed by atoms with Crippen molar-refractivity contribution in [2.45, 2.75) is 45.3 Å². The second-order valence-corrected chi connectivity index (χ2v) is 6.51. The Hall–Kier alpha value is -2.61. The highest BCUT2D eigenvalue weighted by Gasteiger charge is 2.20. The summed E-state index contributed by atoms with van der Waals surface area (Å²) >= 11 is 0. The van der Waals surface area contributed by atoms with Crippen LogP contribution in [0, 0.1) is 5.92 Å². The number of rotatable bonds is 5. The fraction of sp³-hybridized carbons (Fsp3) is 0.471. The largest absolute Gasteiger partial charge is 0.418 e. The maximum absolute atomic E-state index is 5.93. The zero-order valence-electron chi connectivity index (χ0n) is 14.1. The summed E-state index contributed by atoms with van der Waals surface area (Å²) < 4.78 is 13.2. The van der Waals surface area contributed by atoms with Gasteiger partial charge in [0.1, 0.15) is 12.9 Å². The van der Waals surface area contributed by atoms with Gasteiger partial charge in [-0.05, 0) is 53.5 Å². The first kappa shape index (κ1) is 15.9. The van der Waals surface area contributed by atoms with E-state index in [9.17, 15) is 0 Å². The molecule has 0 aliphatic heterocycles. The van der Waals surface area contributed by atoms with E-state index < -0.39 is 0 Å². The molecule has 2 heterocycles. The lowest BCUT2D eigenvalue weighted by Crippen LogP contribution is -2.21. The molecule has 0 spiro atoms. The third kappa shape index (κ3) is 3.74. The molecule has 2 aromatic heterocycles. The molecule has 1 fully saturated rings. The molecule has 0 bridgehead atoms. The standard InChI is InChI=1S/C17H20N6O2/c1-12-3-2-4-15(9-12)24-10-16-19-20-17(25-16)13-5-7-14(8-6-13)23-11-18-21-22-23/h5-8,11-12,15H,2-4,9-10H2,1H3/t12-,15+/m1/s1. The van der Waals surface area contributed by atoms with Crippen LogP contribution < -0.4 is 0 Å². The van der Waals surface area contributed by atoms with Gasteiger partial charge in [-0.15, -0.1) is 15.3 Å². The highest BCUT2D eigenvalue weighted by Crippen LogP contribution is 2.26. The lowest BCUT2D eigenvalue weighted by atomic mass is 9.89. The maximum Gasteiger partial charge on any atom is 0.247 e. The van der Waals surface area contributed by atoms with Crippen LogP contribution in [0.1, 0.15) is 38.5 Å². The van der Waals surface area contributed by atoms with E-state index in [4.69, 9.17) is 9.15 Å². The molecule has 0 amide bonds. The molecule has 25 heavy (non-hydrogen) atoms. The molecule has 1 aliphatic rings. The van der Waals surface area contributed by atoms with Gasteiger partial charge in [0.25, 0.3) is 0 Å². The van der Waals surface area contributed by atoms with E-state index in [1.165, 1.54) is 12.8 Å². The molecule has 1 aliphatic carbocycles. The number of ether oxygens (including phenoxy) is 1. The van der Waals surface area contributed by atoms with Crippen LogP contribution in [0.3, 0.4) is 0 Å². The van der Waals surface area contributed by atoms with Crippen LogP contribution >= 0.6 is 0 Å². The summed E-state index contributed by atoms with van der Waals surface area (Å²) in [4.78, 5) is 0. The van der Waals surface area contributed by atoms with Crippen LogP contribution in [0.2, 0.25) is 0 Å². The molecule has 0 N–H and O–H groups in total. The Labute approximate surface area is 145 Å². The molecule has 4 rings (SSSR count). The SMILES string of the molecule is C[C@@H]1CCC[C@H](OCc2nnc(-c3ccc(-n4cnnn4)cc3)o2)C1. The topological polar surface area (TPSA) is 91.8 Å². The van der Waals surface area contributed by atoms with E-state index in [1.807, 2.05) is 24.3 Å². The predicted octanol–water partition coefficient (Wildman–Crippen LogP) is 2.81. The van der Waals surface area contributed by atoms with Crippen molar-refractivity contribution >= 4 is 0 Å². The smallest absolute Gasteiger partial charge is 0.247 e. The Bertz CT molecular complexity index is 799. The molecule has 3 aromatic rings. The van der Waals surface area contributed by atoms with E-state index in [-0.39, 0.29) is 0 Å². The summed E-state index contributed by atoms with van der Waals surface area (Å²) in [6.45, 7) is 2.65. The lowest BCUT2D eigenvalue weighted by Gasteiger charge is -2.26. The zero-order valence-corrected chi connectivity index (χ0v) is 14.1. The molecule has 1 aromatic carbocycles. The molecule has 130 valence electrons. The summed E-state index contributed by atoms with van der Waals surface area (Å²) in [7, 11) is 0. The van der Waals surface area contributed by atoms with Crippen LogP contribution in [0.15, 0.2) is 35.0 Å². The van der Waals surface area contributed by atoms with Crippen molar-refractivity contribution in [1.29, 1.82) is 0 Å². The van der Waals surface area contributed by atoms with Crippen LogP contribution in [0.5, 0.6) is 0 Å². The van der Waals surface area contributed by atoms with Crippen LogP contribution in [0.4, 0.5) is 0 Å². The second kappa shape index (κ2) is 7.10. The number of hydrogen-bond donors (Lipinski definition) is 0. The molecule has 0 saturated heterocycles. The van der Waals surface area contributed by atoms with Gasteiger partial charge in [0.2, 0.25) is 11.8 Å². The summed E-state index contributed by atoms with van der Waals surface area (Å²) in [6, 6.07) is 7.60. The van der Waals surface area contributed by atoms with E-state index >= 15 is 0 Å². The third-order valence-corrected chi connectivity index (χ3v) is 4.53. The van der Waals surface area contributed by atoms with E-state index in [0.29, 0.717) is 24.5 Å². The predicted molar refractivity (Wildman–Crippen MR) is 88.7 cm³/mol. The molecule has 2 atom stereocenters. The number of nitrogens with zero attached hydrogens (tertiary/aromatic N) is 6. The summed E-state index contributed by atoms with van der Waals surface area (Å²) in [5, 5.41) is 19.3. The first-order valence-corrected chi connectivity index (χ1v) is 8.56. The first-order valence-electron chi connectivity index (χ1n) is 8.56. The Morgan fingerprint density at radius 1 is 1.20 bits per heavy atom. The molecule has 0 radical (unpaired) electrons. The molecule has 0 unspecified atom stereocenters. The summed E-state index contributed by atoms with van der Waals surface area (Å²) in [5.41, 5.74) is 1.71.